The van der Waals surface area contributed by atoms with E-state index in [-0.39, 0.29) is 36.5 Å². The summed E-state index contributed by atoms with van der Waals surface area (Å²) >= 11 is 0. The van der Waals surface area contributed by atoms with E-state index in [4.69, 9.17) is 13.9 Å². The molecular weight excluding hydrogens is 516 g/mol. The molecular formula is C19H26F3IN4O3. The summed E-state index contributed by atoms with van der Waals surface area (Å²) in [6.45, 7) is 4.87. The Balaban J connectivity index is 0.00000450. The maximum absolute atomic E-state index is 12.5. The zero-order chi connectivity index (χ0) is 21.0. The van der Waals surface area contributed by atoms with Gasteiger partial charge in [0.25, 0.3) is 0 Å². The van der Waals surface area contributed by atoms with Crippen molar-refractivity contribution < 1.29 is 27.1 Å². The van der Waals surface area contributed by atoms with Gasteiger partial charge in [-0.15, -0.1) is 24.0 Å². The lowest BCUT2D eigenvalue weighted by molar-refractivity contribution is -0.137. The quantitative estimate of drug-likeness (QED) is 0.195. The number of aromatic nitrogens is 1. The second-order valence-electron chi connectivity index (χ2n) is 5.90. The number of hydrogen-bond donors (Lipinski definition) is 2. The predicted molar refractivity (Wildman–Crippen MR) is 117 cm³/mol. The lowest BCUT2D eigenvalue weighted by atomic mass is 10.3. The number of ether oxygens (including phenoxy) is 2. The molecule has 0 fully saturated rings. The smallest absolute Gasteiger partial charge is 0.417 e. The third-order valence-corrected chi connectivity index (χ3v) is 3.59. The minimum absolute atomic E-state index is 0. The van der Waals surface area contributed by atoms with Crippen LogP contribution in [0.1, 0.15) is 24.7 Å². The first kappa shape index (κ1) is 26.0. The van der Waals surface area contributed by atoms with E-state index in [9.17, 15) is 13.2 Å². The predicted octanol–water partition coefficient (Wildman–Crippen LogP) is 3.85. The highest BCUT2D eigenvalue weighted by Crippen LogP contribution is 2.29. The highest BCUT2D eigenvalue weighted by atomic mass is 127. The minimum atomic E-state index is -4.41. The van der Waals surface area contributed by atoms with Crippen LogP contribution in [0.25, 0.3) is 0 Å². The van der Waals surface area contributed by atoms with Crippen LogP contribution in [0.4, 0.5) is 13.2 Å². The van der Waals surface area contributed by atoms with E-state index < -0.39 is 11.7 Å². The van der Waals surface area contributed by atoms with Crippen molar-refractivity contribution in [1.29, 1.82) is 0 Å². The number of guanidine groups is 1. The molecule has 0 amide bonds. The zero-order valence-corrected chi connectivity index (χ0v) is 18.9. The van der Waals surface area contributed by atoms with Gasteiger partial charge in [0, 0.05) is 32.0 Å². The Hall–Kier alpha value is -2.02. The monoisotopic (exact) mass is 542 g/mol. The number of alkyl halides is 3. The van der Waals surface area contributed by atoms with E-state index in [1.54, 1.807) is 6.26 Å². The summed E-state index contributed by atoms with van der Waals surface area (Å²) in [6, 6.07) is 5.81. The highest BCUT2D eigenvalue weighted by molar-refractivity contribution is 14.0. The summed E-state index contributed by atoms with van der Waals surface area (Å²) < 4.78 is 53.5. The first-order valence-electron chi connectivity index (χ1n) is 9.27. The summed E-state index contributed by atoms with van der Waals surface area (Å²) in [5.74, 6) is 1.55. The average Bonchev–Trinajstić information content (AvgIpc) is 3.21. The second kappa shape index (κ2) is 14.1. The first-order chi connectivity index (χ1) is 14.0. The molecule has 0 unspecified atom stereocenters. The topological polar surface area (TPSA) is 80.9 Å². The van der Waals surface area contributed by atoms with E-state index in [0.29, 0.717) is 38.8 Å². The van der Waals surface area contributed by atoms with E-state index in [2.05, 4.69) is 20.6 Å². The number of nitrogens with one attached hydrogen (secondary N) is 2. The first-order valence-corrected chi connectivity index (χ1v) is 9.27. The molecule has 2 aromatic rings. The van der Waals surface area contributed by atoms with Gasteiger partial charge in [-0.05, 0) is 31.5 Å². The zero-order valence-electron chi connectivity index (χ0n) is 16.6. The fraction of sp³-hybridized carbons (Fsp3) is 0.474. The Bertz CT molecular complexity index is 726. The normalized spacial score (nSPS) is 11.7. The van der Waals surface area contributed by atoms with Crippen LogP contribution in [0.15, 0.2) is 46.1 Å². The summed E-state index contributed by atoms with van der Waals surface area (Å²) in [6.07, 6.45) is -1.30. The minimum Gasteiger partial charge on any atom is -0.476 e. The molecule has 0 saturated heterocycles. The molecule has 30 heavy (non-hydrogen) atoms. The number of aliphatic imine (C=N–C) groups is 1. The van der Waals surface area contributed by atoms with E-state index in [1.165, 1.54) is 6.07 Å². The molecule has 2 heterocycles. The molecule has 0 saturated carbocycles. The van der Waals surface area contributed by atoms with Crippen molar-refractivity contribution in [3.05, 3.63) is 48.0 Å². The summed E-state index contributed by atoms with van der Waals surface area (Å²) in [5.41, 5.74) is -0.808. The molecule has 11 heteroatoms. The molecule has 0 aliphatic carbocycles. The molecule has 0 aromatic carbocycles. The fourth-order valence-corrected chi connectivity index (χ4v) is 2.23. The third-order valence-electron chi connectivity index (χ3n) is 3.59. The van der Waals surface area contributed by atoms with Crippen LogP contribution < -0.4 is 15.4 Å². The number of furan rings is 1. The van der Waals surface area contributed by atoms with Crippen LogP contribution in [-0.4, -0.2) is 43.8 Å². The van der Waals surface area contributed by atoms with Gasteiger partial charge in [0.05, 0.1) is 18.4 Å². The Labute approximate surface area is 190 Å². The van der Waals surface area contributed by atoms with Crippen LogP contribution in [-0.2, 0) is 17.5 Å². The largest absolute Gasteiger partial charge is 0.476 e. The van der Waals surface area contributed by atoms with E-state index >= 15 is 0 Å². The second-order valence-corrected chi connectivity index (χ2v) is 5.90. The third kappa shape index (κ3) is 10.1. The Morgan fingerprint density at radius 1 is 1.20 bits per heavy atom. The lowest BCUT2D eigenvalue weighted by Gasteiger charge is -2.12. The number of halogens is 4. The van der Waals surface area contributed by atoms with Gasteiger partial charge in [-0.1, -0.05) is 0 Å². The number of nitrogens with zero attached hydrogens (tertiary/aromatic N) is 2. The van der Waals surface area contributed by atoms with Crippen LogP contribution in [0, 0.1) is 0 Å². The van der Waals surface area contributed by atoms with Gasteiger partial charge in [-0.2, -0.15) is 13.2 Å². The van der Waals surface area contributed by atoms with Gasteiger partial charge in [-0.3, -0.25) is 4.99 Å². The summed E-state index contributed by atoms with van der Waals surface area (Å²) in [4.78, 5) is 8.08. The standard InChI is InChI=1S/C19H25F3N4O3.HI/c1-2-23-18(24-8-4-10-27-14-16-5-3-11-28-16)25-9-12-29-17-7-6-15(13-26-17)19(20,21)22;/h3,5-7,11,13H,2,4,8-10,12,14H2,1H3,(H2,23,24,25);1H. The van der Waals surface area contributed by atoms with Crippen molar-refractivity contribution in [2.75, 3.05) is 32.8 Å². The molecule has 2 N–H and O–H groups in total. The maximum Gasteiger partial charge on any atom is 0.417 e. The summed E-state index contributed by atoms with van der Waals surface area (Å²) in [5, 5.41) is 6.20. The molecule has 168 valence electrons. The maximum atomic E-state index is 12.5. The van der Waals surface area contributed by atoms with E-state index in [0.717, 1.165) is 24.4 Å². The van der Waals surface area contributed by atoms with Crippen LogP contribution in [0.3, 0.4) is 0 Å². The molecule has 0 bridgehead atoms. The van der Waals surface area contributed by atoms with E-state index in [1.807, 2.05) is 19.1 Å². The molecule has 0 atom stereocenters. The SMILES string of the molecule is CCNC(=NCCCOCc1ccco1)NCCOc1ccc(C(F)(F)F)cn1.I. The van der Waals surface area contributed by atoms with Gasteiger partial charge in [0.1, 0.15) is 19.0 Å². The van der Waals surface area contributed by atoms with Crippen LogP contribution >= 0.6 is 24.0 Å². The Morgan fingerprint density at radius 3 is 2.67 bits per heavy atom. The molecule has 0 aliphatic rings. The lowest BCUT2D eigenvalue weighted by Crippen LogP contribution is -2.39. The molecule has 2 aromatic heterocycles. The van der Waals surface area contributed by atoms with Crippen LogP contribution in [0.5, 0.6) is 5.88 Å². The van der Waals surface area contributed by atoms with Gasteiger partial charge < -0.3 is 24.5 Å². The average molecular weight is 542 g/mol. The molecule has 2 rings (SSSR count). The van der Waals surface area contributed by atoms with Crippen molar-refractivity contribution in [3.8, 4) is 5.88 Å². The number of rotatable bonds is 11. The van der Waals surface area contributed by atoms with Crippen molar-refractivity contribution in [2.45, 2.75) is 26.1 Å². The van der Waals surface area contributed by atoms with Crippen molar-refractivity contribution in [1.82, 2.24) is 15.6 Å². The van der Waals surface area contributed by atoms with Crippen molar-refractivity contribution >= 4 is 29.9 Å². The Kier molecular flexibility index (Phi) is 12.2. The van der Waals surface area contributed by atoms with Gasteiger partial charge in [0.2, 0.25) is 5.88 Å². The molecule has 0 spiro atoms. The van der Waals surface area contributed by atoms with Gasteiger partial charge >= 0.3 is 6.18 Å². The number of hydrogen-bond acceptors (Lipinski definition) is 5. The van der Waals surface area contributed by atoms with Crippen LogP contribution in [0.2, 0.25) is 0 Å². The highest BCUT2D eigenvalue weighted by Gasteiger charge is 2.30. The fourth-order valence-electron chi connectivity index (χ4n) is 2.23. The van der Waals surface area contributed by atoms with Crippen molar-refractivity contribution in [3.63, 3.8) is 0 Å². The Morgan fingerprint density at radius 2 is 2.03 bits per heavy atom. The number of pyridine rings is 1. The molecule has 0 aliphatic heterocycles. The van der Waals surface area contributed by atoms with Crippen molar-refractivity contribution in [2.24, 2.45) is 4.99 Å². The van der Waals surface area contributed by atoms with Gasteiger partial charge in [0.15, 0.2) is 5.96 Å². The summed E-state index contributed by atoms with van der Waals surface area (Å²) in [7, 11) is 0. The molecule has 0 radical (unpaired) electrons. The van der Waals surface area contributed by atoms with Gasteiger partial charge in [-0.25, -0.2) is 4.98 Å². The molecule has 7 nitrogen and oxygen atoms in total.